The van der Waals surface area contributed by atoms with E-state index >= 15 is 0 Å². The van der Waals surface area contributed by atoms with Gasteiger partial charge in [0.25, 0.3) is 0 Å². The highest BCUT2D eigenvalue weighted by Crippen LogP contribution is 2.49. The topological polar surface area (TPSA) is 40.5 Å². The summed E-state index contributed by atoms with van der Waals surface area (Å²) < 4.78 is 13.3. The Balaban J connectivity index is 1.35. The molecule has 0 spiro atoms. The molecule has 4 atom stereocenters. The highest BCUT2D eigenvalue weighted by atomic mass is 32.2. The molecule has 1 heterocycles. The number of rotatable bonds is 8. The number of allylic oxidation sites excluding steroid dienone is 2. The highest BCUT2D eigenvalue weighted by Gasteiger charge is 2.41. The Hall–Kier alpha value is -1.75. The standard InChI is InChI=1S/C23H28FNO2S/c24-20-6-1-4-16(14-20)5-3-11-28-22-21(23(26)27)7-2-10-25(22)15-19-13-17-8-9-18(19)12-17/h1-2,4,6-7,10,14,17-19,22H,3,5,8-9,11-13,15H2,(H,26,27). The van der Waals surface area contributed by atoms with Gasteiger partial charge in [0, 0.05) is 12.7 Å². The van der Waals surface area contributed by atoms with E-state index in [2.05, 4.69) is 11.1 Å². The van der Waals surface area contributed by atoms with E-state index in [1.165, 1.54) is 31.7 Å². The summed E-state index contributed by atoms with van der Waals surface area (Å²) in [5.41, 5.74) is 1.47. The van der Waals surface area contributed by atoms with Crippen molar-refractivity contribution in [3.8, 4) is 0 Å². The predicted molar refractivity (Wildman–Crippen MR) is 111 cm³/mol. The van der Waals surface area contributed by atoms with Crippen LogP contribution in [-0.4, -0.2) is 33.6 Å². The maximum atomic E-state index is 13.3. The zero-order chi connectivity index (χ0) is 19.5. The number of aryl methyl sites for hydroxylation is 1. The number of carboxylic acid groups (broad SMARTS) is 1. The van der Waals surface area contributed by atoms with Crippen LogP contribution in [-0.2, 0) is 11.2 Å². The number of carbonyl (C=O) groups is 1. The zero-order valence-corrected chi connectivity index (χ0v) is 16.9. The first-order chi connectivity index (χ1) is 13.6. The van der Waals surface area contributed by atoms with Crippen LogP contribution in [0.4, 0.5) is 4.39 Å². The molecule has 3 aliphatic rings. The molecule has 0 aromatic heterocycles. The molecule has 2 saturated carbocycles. The second kappa shape index (κ2) is 8.73. The van der Waals surface area contributed by atoms with Crippen LogP contribution in [0.25, 0.3) is 0 Å². The van der Waals surface area contributed by atoms with E-state index in [4.69, 9.17) is 0 Å². The lowest BCUT2D eigenvalue weighted by Gasteiger charge is -2.36. The molecule has 2 aliphatic carbocycles. The van der Waals surface area contributed by atoms with Crippen LogP contribution >= 0.6 is 11.8 Å². The van der Waals surface area contributed by atoms with Crippen LogP contribution in [0.1, 0.15) is 37.7 Å². The number of fused-ring (bicyclic) bond motifs is 2. The van der Waals surface area contributed by atoms with Crippen molar-refractivity contribution in [3.05, 3.63) is 59.6 Å². The second-order valence-corrected chi connectivity index (χ2v) is 9.55. The van der Waals surface area contributed by atoms with Gasteiger partial charge in [-0.2, -0.15) is 0 Å². The normalized spacial score (nSPS) is 28.6. The van der Waals surface area contributed by atoms with Gasteiger partial charge in [-0.25, -0.2) is 9.18 Å². The SMILES string of the molecule is O=C(O)C1=CC=CN(CC2CC3CCC2C3)C1SCCCc1cccc(F)c1. The van der Waals surface area contributed by atoms with Gasteiger partial charge in [0.15, 0.2) is 0 Å². The third kappa shape index (κ3) is 4.45. The van der Waals surface area contributed by atoms with Gasteiger partial charge in [0.2, 0.25) is 0 Å². The van der Waals surface area contributed by atoms with Gasteiger partial charge in [-0.15, -0.1) is 11.8 Å². The lowest BCUT2D eigenvalue weighted by molar-refractivity contribution is -0.133. The summed E-state index contributed by atoms with van der Waals surface area (Å²) >= 11 is 1.70. The summed E-state index contributed by atoms with van der Waals surface area (Å²) in [5.74, 6) is 2.26. The number of benzene rings is 1. The first-order valence-corrected chi connectivity index (χ1v) is 11.4. The Morgan fingerprint density at radius 3 is 2.89 bits per heavy atom. The average molecular weight is 402 g/mol. The molecule has 1 aromatic carbocycles. The number of nitrogens with zero attached hydrogens (tertiary/aromatic N) is 1. The van der Waals surface area contributed by atoms with Crippen LogP contribution < -0.4 is 0 Å². The van der Waals surface area contributed by atoms with E-state index < -0.39 is 5.97 Å². The smallest absolute Gasteiger partial charge is 0.334 e. The van der Waals surface area contributed by atoms with Crippen LogP contribution in [0.2, 0.25) is 0 Å². The quantitative estimate of drug-likeness (QED) is 0.616. The van der Waals surface area contributed by atoms with Gasteiger partial charge in [0.1, 0.15) is 11.2 Å². The zero-order valence-electron chi connectivity index (χ0n) is 16.1. The lowest BCUT2D eigenvalue weighted by atomic mass is 9.88. The minimum atomic E-state index is -0.829. The third-order valence-electron chi connectivity index (χ3n) is 6.47. The van der Waals surface area contributed by atoms with E-state index in [1.807, 2.05) is 12.1 Å². The fourth-order valence-corrected chi connectivity index (χ4v) is 6.39. The number of hydrogen-bond donors (Lipinski definition) is 1. The number of thioether (sulfide) groups is 1. The predicted octanol–water partition coefficient (Wildman–Crippen LogP) is 5.09. The molecule has 4 rings (SSSR count). The van der Waals surface area contributed by atoms with E-state index in [1.54, 1.807) is 30.0 Å². The van der Waals surface area contributed by atoms with Gasteiger partial charge in [-0.3, -0.25) is 0 Å². The monoisotopic (exact) mass is 401 g/mol. The Bertz CT molecular complexity index is 778. The molecule has 5 heteroatoms. The molecule has 2 fully saturated rings. The largest absolute Gasteiger partial charge is 0.478 e. The van der Waals surface area contributed by atoms with E-state index in [9.17, 15) is 14.3 Å². The summed E-state index contributed by atoms with van der Waals surface area (Å²) in [6.45, 7) is 0.962. The van der Waals surface area contributed by atoms with Crippen molar-refractivity contribution < 1.29 is 14.3 Å². The molecule has 1 aromatic rings. The van der Waals surface area contributed by atoms with Gasteiger partial charge in [-0.05, 0) is 85.5 Å². The van der Waals surface area contributed by atoms with Crippen LogP contribution in [0.15, 0.2) is 48.2 Å². The molecule has 3 nitrogen and oxygen atoms in total. The van der Waals surface area contributed by atoms with Crippen LogP contribution in [0, 0.1) is 23.6 Å². The molecule has 4 unspecified atom stereocenters. The molecule has 0 radical (unpaired) electrons. The van der Waals surface area contributed by atoms with Crippen LogP contribution in [0.3, 0.4) is 0 Å². The van der Waals surface area contributed by atoms with Crippen LogP contribution in [0.5, 0.6) is 0 Å². The molecule has 0 amide bonds. The number of halogens is 1. The van der Waals surface area contributed by atoms with Crippen molar-refractivity contribution in [3.63, 3.8) is 0 Å². The molecule has 1 aliphatic heterocycles. The molecular formula is C23H28FNO2S. The van der Waals surface area contributed by atoms with Crippen molar-refractivity contribution >= 4 is 17.7 Å². The molecular weight excluding hydrogens is 373 g/mol. The minimum Gasteiger partial charge on any atom is -0.478 e. The fraction of sp³-hybridized carbons (Fsp3) is 0.522. The van der Waals surface area contributed by atoms with Gasteiger partial charge < -0.3 is 10.0 Å². The first-order valence-electron chi connectivity index (χ1n) is 10.3. The van der Waals surface area contributed by atoms with Gasteiger partial charge >= 0.3 is 5.97 Å². The van der Waals surface area contributed by atoms with Gasteiger partial charge in [-0.1, -0.05) is 18.6 Å². The van der Waals surface area contributed by atoms with E-state index in [-0.39, 0.29) is 11.2 Å². The summed E-state index contributed by atoms with van der Waals surface area (Å²) in [4.78, 5) is 14.0. The minimum absolute atomic E-state index is 0.130. The van der Waals surface area contributed by atoms with Crippen molar-refractivity contribution in [2.75, 3.05) is 12.3 Å². The Morgan fingerprint density at radius 1 is 1.29 bits per heavy atom. The molecule has 150 valence electrons. The van der Waals surface area contributed by atoms with E-state index in [0.717, 1.165) is 42.5 Å². The number of carboxylic acids is 1. The van der Waals surface area contributed by atoms with Gasteiger partial charge in [0.05, 0.1) is 5.57 Å². The number of aliphatic carboxylic acids is 1. The maximum Gasteiger partial charge on any atom is 0.334 e. The molecule has 1 N–H and O–H groups in total. The summed E-state index contributed by atoms with van der Waals surface area (Å²) in [5, 5.41) is 9.54. The van der Waals surface area contributed by atoms with Crippen molar-refractivity contribution in [2.24, 2.45) is 17.8 Å². The van der Waals surface area contributed by atoms with Crippen molar-refractivity contribution in [1.29, 1.82) is 0 Å². The summed E-state index contributed by atoms with van der Waals surface area (Å²) in [6.07, 6.45) is 12.8. The number of hydrogen-bond acceptors (Lipinski definition) is 3. The average Bonchev–Trinajstić information content (AvgIpc) is 3.29. The molecule has 28 heavy (non-hydrogen) atoms. The lowest BCUT2D eigenvalue weighted by Crippen LogP contribution is -2.39. The summed E-state index contributed by atoms with van der Waals surface area (Å²) in [7, 11) is 0. The summed E-state index contributed by atoms with van der Waals surface area (Å²) in [6, 6.07) is 6.73. The second-order valence-electron chi connectivity index (χ2n) is 8.36. The van der Waals surface area contributed by atoms with E-state index in [0.29, 0.717) is 11.5 Å². The fourth-order valence-electron chi connectivity index (χ4n) is 5.15. The molecule has 0 saturated heterocycles. The Labute approximate surface area is 170 Å². The van der Waals surface area contributed by atoms with Crippen molar-refractivity contribution in [2.45, 2.75) is 43.9 Å². The maximum absolute atomic E-state index is 13.3. The van der Waals surface area contributed by atoms with Crippen molar-refractivity contribution in [1.82, 2.24) is 4.90 Å². The Morgan fingerprint density at radius 2 is 2.18 bits per heavy atom. The molecule has 2 bridgehead atoms. The first kappa shape index (κ1) is 19.6. The third-order valence-corrected chi connectivity index (χ3v) is 7.84. The highest BCUT2D eigenvalue weighted by molar-refractivity contribution is 8.00. The Kier molecular flexibility index (Phi) is 6.10.